The lowest BCUT2D eigenvalue weighted by atomic mass is 10.2. The molecule has 2 N–H and O–H groups in total. The number of hydrogen-bond donors (Lipinski definition) is 2. The third-order valence-electron chi connectivity index (χ3n) is 2.80. The van der Waals surface area contributed by atoms with Crippen molar-refractivity contribution in [3.8, 4) is 5.69 Å². The molecule has 0 unspecified atom stereocenters. The molecule has 2 rings (SSSR count). The second-order valence-corrected chi connectivity index (χ2v) is 4.37. The van der Waals surface area contributed by atoms with Gasteiger partial charge in [0, 0.05) is 13.1 Å². The minimum Gasteiger partial charge on any atom is -0.357 e. The van der Waals surface area contributed by atoms with Gasteiger partial charge in [-0.2, -0.15) is 5.10 Å². The summed E-state index contributed by atoms with van der Waals surface area (Å²) in [5.41, 5.74) is 2.12. The molecular weight excluding hydrogens is 264 g/mol. The molecule has 0 fully saturated rings. The first-order valence-corrected chi connectivity index (χ1v) is 6.90. The first-order valence-electron chi connectivity index (χ1n) is 6.90. The van der Waals surface area contributed by atoms with Crippen LogP contribution in [0.15, 0.2) is 54.6 Å². The van der Waals surface area contributed by atoms with E-state index in [-0.39, 0.29) is 0 Å². The maximum atomic E-state index is 4.53. The van der Waals surface area contributed by atoms with E-state index in [9.17, 15) is 0 Å². The molecule has 0 amide bonds. The molecule has 6 nitrogen and oxygen atoms in total. The summed E-state index contributed by atoms with van der Waals surface area (Å²) >= 11 is 0. The fraction of sp³-hybridized carbons (Fsp3) is 0.267. The fourth-order valence-electron chi connectivity index (χ4n) is 1.78. The molecule has 1 aromatic heterocycles. The van der Waals surface area contributed by atoms with Gasteiger partial charge in [0.2, 0.25) is 0 Å². The number of rotatable bonds is 6. The van der Waals surface area contributed by atoms with Gasteiger partial charge in [-0.3, -0.25) is 0 Å². The lowest BCUT2D eigenvalue weighted by Gasteiger charge is -2.09. The first-order chi connectivity index (χ1) is 10.3. The lowest BCUT2D eigenvalue weighted by Crippen LogP contribution is -2.37. The molecule has 0 aliphatic heterocycles. The molecule has 1 aromatic carbocycles. The van der Waals surface area contributed by atoms with Crippen LogP contribution >= 0.6 is 0 Å². The topological polar surface area (TPSA) is 67.1 Å². The summed E-state index contributed by atoms with van der Waals surface area (Å²) in [5, 5.41) is 10.5. The second kappa shape index (κ2) is 7.84. The lowest BCUT2D eigenvalue weighted by molar-refractivity contribution is 0.858. The number of nitrogens with one attached hydrogen (secondary N) is 2. The Morgan fingerprint density at radius 3 is 2.76 bits per heavy atom. The van der Waals surface area contributed by atoms with E-state index in [1.165, 1.54) is 6.33 Å². The highest BCUT2D eigenvalue weighted by Gasteiger charge is 1.98. The number of aromatic nitrogens is 3. The average Bonchev–Trinajstić information content (AvgIpc) is 3.05. The van der Waals surface area contributed by atoms with Gasteiger partial charge in [0.05, 0.1) is 12.2 Å². The standard InChI is InChI=1S/C15H20N6/c1-3-9-18-15(17-4-2)19-10-13-5-7-14(8-6-13)21-12-16-11-20-21/h3,5-8,11-12H,1,4,9-10H2,2H3,(H2,17,18,19). The molecule has 0 atom stereocenters. The first kappa shape index (κ1) is 14.8. The van der Waals surface area contributed by atoms with Gasteiger partial charge in [0.1, 0.15) is 12.7 Å². The number of aliphatic imine (C=N–C) groups is 1. The molecule has 0 bridgehead atoms. The Balaban J connectivity index is 2.00. The van der Waals surface area contributed by atoms with Crippen LogP contribution in [0.4, 0.5) is 0 Å². The third kappa shape index (κ3) is 4.45. The quantitative estimate of drug-likeness (QED) is 0.479. The highest BCUT2D eigenvalue weighted by molar-refractivity contribution is 5.79. The Bertz CT molecular complexity index is 571. The van der Waals surface area contributed by atoms with Crippen molar-refractivity contribution in [2.75, 3.05) is 13.1 Å². The summed E-state index contributed by atoms with van der Waals surface area (Å²) in [7, 11) is 0. The highest BCUT2D eigenvalue weighted by atomic mass is 15.3. The smallest absolute Gasteiger partial charge is 0.191 e. The molecule has 6 heteroatoms. The van der Waals surface area contributed by atoms with E-state index in [4.69, 9.17) is 0 Å². The van der Waals surface area contributed by atoms with Crippen LogP contribution in [0.1, 0.15) is 12.5 Å². The monoisotopic (exact) mass is 284 g/mol. The van der Waals surface area contributed by atoms with Crippen LogP contribution in [0.25, 0.3) is 5.69 Å². The van der Waals surface area contributed by atoms with Crippen LogP contribution in [0.3, 0.4) is 0 Å². The van der Waals surface area contributed by atoms with Crippen LogP contribution in [-0.4, -0.2) is 33.8 Å². The zero-order valence-corrected chi connectivity index (χ0v) is 12.2. The molecule has 0 aliphatic rings. The van der Waals surface area contributed by atoms with Crippen LogP contribution in [0, 0.1) is 0 Å². The van der Waals surface area contributed by atoms with E-state index in [1.54, 1.807) is 17.1 Å². The van der Waals surface area contributed by atoms with Crippen molar-refractivity contribution in [3.05, 3.63) is 55.1 Å². The summed E-state index contributed by atoms with van der Waals surface area (Å²) in [6.45, 7) is 7.86. The van der Waals surface area contributed by atoms with Crippen molar-refractivity contribution < 1.29 is 0 Å². The number of benzene rings is 1. The Morgan fingerprint density at radius 2 is 2.14 bits per heavy atom. The zero-order chi connectivity index (χ0) is 14.9. The maximum absolute atomic E-state index is 4.53. The van der Waals surface area contributed by atoms with Crippen molar-refractivity contribution in [2.45, 2.75) is 13.5 Å². The largest absolute Gasteiger partial charge is 0.357 e. The molecule has 0 aliphatic carbocycles. The Kier molecular flexibility index (Phi) is 5.51. The van der Waals surface area contributed by atoms with Crippen LogP contribution in [0.2, 0.25) is 0 Å². The average molecular weight is 284 g/mol. The normalized spacial score (nSPS) is 11.2. The summed E-state index contributed by atoms with van der Waals surface area (Å²) in [5.74, 6) is 0.790. The van der Waals surface area contributed by atoms with Crippen LogP contribution in [-0.2, 0) is 6.54 Å². The zero-order valence-electron chi connectivity index (χ0n) is 12.2. The molecule has 1 heterocycles. The number of guanidine groups is 1. The van der Waals surface area contributed by atoms with Gasteiger partial charge in [-0.1, -0.05) is 18.2 Å². The van der Waals surface area contributed by atoms with E-state index in [0.29, 0.717) is 13.1 Å². The SMILES string of the molecule is C=CCNC(=NCc1ccc(-n2cncn2)cc1)NCC. The predicted octanol–water partition coefficient (Wildman–Crippen LogP) is 1.51. The molecule has 0 spiro atoms. The van der Waals surface area contributed by atoms with Crippen LogP contribution in [0.5, 0.6) is 0 Å². The Morgan fingerprint density at radius 1 is 1.33 bits per heavy atom. The van der Waals surface area contributed by atoms with Gasteiger partial charge in [0.15, 0.2) is 5.96 Å². The molecule has 0 radical (unpaired) electrons. The van der Waals surface area contributed by atoms with Gasteiger partial charge >= 0.3 is 0 Å². The molecule has 2 aromatic rings. The van der Waals surface area contributed by atoms with Crippen molar-refractivity contribution in [3.63, 3.8) is 0 Å². The van der Waals surface area contributed by atoms with Gasteiger partial charge in [-0.05, 0) is 24.6 Å². The number of hydrogen-bond acceptors (Lipinski definition) is 3. The fourth-order valence-corrected chi connectivity index (χ4v) is 1.78. The minimum absolute atomic E-state index is 0.615. The molecular formula is C15H20N6. The summed E-state index contributed by atoms with van der Waals surface area (Å²) < 4.78 is 1.72. The van der Waals surface area contributed by atoms with Crippen LogP contribution < -0.4 is 10.6 Å². The maximum Gasteiger partial charge on any atom is 0.191 e. The highest BCUT2D eigenvalue weighted by Crippen LogP contribution is 2.08. The Labute approximate surface area is 124 Å². The van der Waals surface area contributed by atoms with E-state index in [1.807, 2.05) is 31.2 Å². The van der Waals surface area contributed by atoms with Crippen molar-refractivity contribution in [1.82, 2.24) is 25.4 Å². The Hall–Kier alpha value is -2.63. The number of nitrogens with zero attached hydrogens (tertiary/aromatic N) is 4. The van der Waals surface area contributed by atoms with Gasteiger partial charge in [0.25, 0.3) is 0 Å². The van der Waals surface area contributed by atoms with Gasteiger partial charge in [-0.25, -0.2) is 14.7 Å². The van der Waals surface area contributed by atoms with Crippen molar-refractivity contribution >= 4 is 5.96 Å². The van der Waals surface area contributed by atoms with E-state index < -0.39 is 0 Å². The summed E-state index contributed by atoms with van der Waals surface area (Å²) in [6.07, 6.45) is 5.00. The van der Waals surface area contributed by atoms with E-state index >= 15 is 0 Å². The summed E-state index contributed by atoms with van der Waals surface area (Å²) in [4.78, 5) is 8.46. The van der Waals surface area contributed by atoms with Crippen molar-refractivity contribution in [2.24, 2.45) is 4.99 Å². The van der Waals surface area contributed by atoms with Gasteiger partial charge < -0.3 is 10.6 Å². The molecule has 0 saturated heterocycles. The van der Waals surface area contributed by atoms with E-state index in [0.717, 1.165) is 23.8 Å². The van der Waals surface area contributed by atoms with Gasteiger partial charge in [-0.15, -0.1) is 6.58 Å². The third-order valence-corrected chi connectivity index (χ3v) is 2.80. The molecule has 110 valence electrons. The van der Waals surface area contributed by atoms with E-state index in [2.05, 4.69) is 32.3 Å². The molecule has 0 saturated carbocycles. The second-order valence-electron chi connectivity index (χ2n) is 4.37. The molecule has 21 heavy (non-hydrogen) atoms. The predicted molar refractivity (Wildman–Crippen MR) is 84.4 cm³/mol. The minimum atomic E-state index is 0.615. The van der Waals surface area contributed by atoms with Crippen molar-refractivity contribution in [1.29, 1.82) is 0 Å². The summed E-state index contributed by atoms with van der Waals surface area (Å²) in [6, 6.07) is 8.09.